The highest BCUT2D eigenvalue weighted by molar-refractivity contribution is 7.96. The average Bonchev–Trinajstić information content (AvgIpc) is 3.13. The Labute approximate surface area is 191 Å². The van der Waals surface area contributed by atoms with Gasteiger partial charge in [0, 0.05) is 44.3 Å². The second-order valence-corrected chi connectivity index (χ2v) is 8.78. The molecule has 0 spiro atoms. The lowest BCUT2D eigenvalue weighted by atomic mass is 10.1. The maximum Gasteiger partial charge on any atom is 0.270 e. The first-order valence-corrected chi connectivity index (χ1v) is 12.5. The SMILES string of the molecule is CC[C@@H](C)N(C(=O)c1cc2cccc(OCCNSC)c2n1CCCCOC)C(C)C. The van der Waals surface area contributed by atoms with E-state index in [1.807, 2.05) is 29.4 Å². The van der Waals surface area contributed by atoms with E-state index >= 15 is 0 Å². The molecule has 0 aliphatic rings. The van der Waals surface area contributed by atoms with Gasteiger partial charge in [0.1, 0.15) is 18.1 Å². The van der Waals surface area contributed by atoms with Crippen LogP contribution in [-0.4, -0.2) is 60.6 Å². The first kappa shape index (κ1) is 25.6. The maximum absolute atomic E-state index is 13.7. The minimum absolute atomic E-state index is 0.0855. The number of para-hydroxylation sites is 1. The third kappa shape index (κ3) is 6.64. The average molecular weight is 450 g/mol. The van der Waals surface area contributed by atoms with Gasteiger partial charge in [-0.05, 0) is 58.4 Å². The molecule has 1 atom stereocenters. The summed E-state index contributed by atoms with van der Waals surface area (Å²) < 4.78 is 16.7. The summed E-state index contributed by atoms with van der Waals surface area (Å²) in [6.07, 6.45) is 4.81. The molecule has 2 aromatic rings. The van der Waals surface area contributed by atoms with Crippen molar-refractivity contribution in [1.82, 2.24) is 14.2 Å². The van der Waals surface area contributed by atoms with Crippen molar-refractivity contribution in [3.8, 4) is 5.75 Å². The van der Waals surface area contributed by atoms with Crippen LogP contribution in [0.25, 0.3) is 10.9 Å². The van der Waals surface area contributed by atoms with Crippen LogP contribution in [0.5, 0.6) is 5.75 Å². The smallest absolute Gasteiger partial charge is 0.270 e. The van der Waals surface area contributed by atoms with Crippen LogP contribution in [0.1, 0.15) is 57.4 Å². The van der Waals surface area contributed by atoms with Crippen molar-refractivity contribution in [2.24, 2.45) is 0 Å². The molecular weight excluding hydrogens is 410 g/mol. The lowest BCUT2D eigenvalue weighted by molar-refractivity contribution is 0.0610. The van der Waals surface area contributed by atoms with E-state index in [0.29, 0.717) is 6.61 Å². The fourth-order valence-electron chi connectivity index (χ4n) is 3.91. The fraction of sp³-hybridized carbons (Fsp3) is 0.625. The molecular formula is C24H39N3O3S. The number of benzene rings is 1. The molecule has 0 bridgehead atoms. The maximum atomic E-state index is 13.7. The number of unbranched alkanes of at least 4 members (excludes halogenated alkanes) is 1. The van der Waals surface area contributed by atoms with Gasteiger partial charge in [-0.3, -0.25) is 9.52 Å². The van der Waals surface area contributed by atoms with Crippen molar-refractivity contribution in [3.63, 3.8) is 0 Å². The molecule has 0 radical (unpaired) electrons. The second kappa shape index (κ2) is 13.0. The third-order valence-corrected chi connectivity index (χ3v) is 6.04. The van der Waals surface area contributed by atoms with Crippen LogP contribution in [0.2, 0.25) is 0 Å². The van der Waals surface area contributed by atoms with E-state index in [1.165, 1.54) is 0 Å². The minimum Gasteiger partial charge on any atom is -0.490 e. The van der Waals surface area contributed by atoms with Gasteiger partial charge in [-0.1, -0.05) is 31.0 Å². The molecule has 1 N–H and O–H groups in total. The van der Waals surface area contributed by atoms with Crippen LogP contribution in [-0.2, 0) is 11.3 Å². The van der Waals surface area contributed by atoms with Gasteiger partial charge in [0.25, 0.3) is 5.91 Å². The number of carbonyl (C=O) groups is 1. The van der Waals surface area contributed by atoms with Crippen molar-refractivity contribution in [3.05, 3.63) is 30.0 Å². The van der Waals surface area contributed by atoms with E-state index in [9.17, 15) is 4.79 Å². The van der Waals surface area contributed by atoms with Crippen molar-refractivity contribution in [2.75, 3.05) is 33.1 Å². The van der Waals surface area contributed by atoms with Gasteiger partial charge in [0.2, 0.25) is 0 Å². The van der Waals surface area contributed by atoms with Crippen molar-refractivity contribution in [2.45, 2.75) is 65.6 Å². The number of aromatic nitrogens is 1. The summed E-state index contributed by atoms with van der Waals surface area (Å²) in [5, 5.41) is 1.04. The molecule has 31 heavy (non-hydrogen) atoms. The van der Waals surface area contributed by atoms with Crippen molar-refractivity contribution >= 4 is 28.8 Å². The highest BCUT2D eigenvalue weighted by atomic mass is 32.2. The van der Waals surface area contributed by atoms with Gasteiger partial charge in [0.05, 0.1) is 5.52 Å². The summed E-state index contributed by atoms with van der Waals surface area (Å²) >= 11 is 1.58. The highest BCUT2D eigenvalue weighted by Crippen LogP contribution is 2.31. The molecule has 0 aliphatic carbocycles. The molecule has 1 aromatic heterocycles. The summed E-state index contributed by atoms with van der Waals surface area (Å²) in [6.45, 7) is 11.2. The summed E-state index contributed by atoms with van der Waals surface area (Å²) in [5.74, 6) is 0.910. The largest absolute Gasteiger partial charge is 0.490 e. The minimum atomic E-state index is 0.0855. The van der Waals surface area contributed by atoms with E-state index in [-0.39, 0.29) is 18.0 Å². The normalized spacial score (nSPS) is 12.5. The Morgan fingerprint density at radius 2 is 2.00 bits per heavy atom. The van der Waals surface area contributed by atoms with Crippen LogP contribution in [0.3, 0.4) is 0 Å². The lowest BCUT2D eigenvalue weighted by Gasteiger charge is -2.32. The van der Waals surface area contributed by atoms with E-state index in [4.69, 9.17) is 9.47 Å². The van der Waals surface area contributed by atoms with Crippen LogP contribution in [0.4, 0.5) is 0 Å². The van der Waals surface area contributed by atoms with Gasteiger partial charge >= 0.3 is 0 Å². The molecule has 6 nitrogen and oxygen atoms in total. The zero-order chi connectivity index (χ0) is 22.8. The number of nitrogens with one attached hydrogen (secondary N) is 1. The lowest BCUT2D eigenvalue weighted by Crippen LogP contribution is -2.44. The monoisotopic (exact) mass is 449 g/mol. The molecule has 1 amide bonds. The first-order chi connectivity index (χ1) is 15.0. The quantitative estimate of drug-likeness (QED) is 0.326. The highest BCUT2D eigenvalue weighted by Gasteiger charge is 2.27. The number of carbonyl (C=O) groups excluding carboxylic acids is 1. The van der Waals surface area contributed by atoms with E-state index in [1.54, 1.807) is 19.1 Å². The van der Waals surface area contributed by atoms with E-state index < -0.39 is 0 Å². The number of ether oxygens (including phenoxy) is 2. The number of amides is 1. The number of aryl methyl sites for hydroxylation is 1. The predicted molar refractivity (Wildman–Crippen MR) is 131 cm³/mol. The molecule has 0 unspecified atom stereocenters. The number of methoxy groups -OCH3 is 1. The Bertz CT molecular complexity index is 822. The number of hydrogen-bond donors (Lipinski definition) is 1. The molecule has 2 rings (SSSR count). The first-order valence-electron chi connectivity index (χ1n) is 11.3. The van der Waals surface area contributed by atoms with Gasteiger partial charge in [0.15, 0.2) is 0 Å². The zero-order valence-corrected chi connectivity index (χ0v) is 20.8. The van der Waals surface area contributed by atoms with Crippen molar-refractivity contribution in [1.29, 1.82) is 0 Å². The predicted octanol–water partition coefficient (Wildman–Crippen LogP) is 4.96. The van der Waals surface area contributed by atoms with E-state index in [0.717, 1.165) is 61.3 Å². The van der Waals surface area contributed by atoms with Crippen LogP contribution in [0, 0.1) is 0 Å². The molecule has 0 aliphatic heterocycles. The molecule has 1 aromatic carbocycles. The molecule has 1 heterocycles. The van der Waals surface area contributed by atoms with Crippen molar-refractivity contribution < 1.29 is 14.3 Å². The Morgan fingerprint density at radius 1 is 1.23 bits per heavy atom. The number of rotatable bonds is 14. The number of fused-ring (bicyclic) bond motifs is 1. The summed E-state index contributed by atoms with van der Waals surface area (Å²) in [4.78, 5) is 15.7. The standard InChI is InChI=1S/C24H39N3O3S/c1-7-19(4)27(18(2)3)24(28)21-17-20-11-10-12-22(30-16-13-25-31-6)23(20)26(21)14-8-9-15-29-5/h10-12,17-19,25H,7-9,13-16H2,1-6H3/t19-/m1/s1. The Balaban J connectivity index is 2.47. The molecule has 0 saturated heterocycles. The van der Waals surface area contributed by atoms with Crippen LogP contribution in [0.15, 0.2) is 24.3 Å². The second-order valence-electron chi connectivity index (χ2n) is 8.09. The summed E-state index contributed by atoms with van der Waals surface area (Å²) in [5.41, 5.74) is 1.74. The van der Waals surface area contributed by atoms with Gasteiger partial charge < -0.3 is 18.9 Å². The van der Waals surface area contributed by atoms with Crippen LogP contribution >= 0.6 is 11.9 Å². The summed E-state index contributed by atoms with van der Waals surface area (Å²) in [7, 11) is 1.72. The topological polar surface area (TPSA) is 55.7 Å². The zero-order valence-electron chi connectivity index (χ0n) is 19.9. The van der Waals surface area contributed by atoms with Gasteiger partial charge in [-0.2, -0.15) is 0 Å². The fourth-order valence-corrected chi connectivity index (χ4v) is 4.20. The molecule has 0 fully saturated rings. The van der Waals surface area contributed by atoms with Gasteiger partial charge in [-0.25, -0.2) is 0 Å². The molecule has 174 valence electrons. The summed E-state index contributed by atoms with van der Waals surface area (Å²) in [6, 6.07) is 8.40. The van der Waals surface area contributed by atoms with Crippen LogP contribution < -0.4 is 9.46 Å². The Kier molecular flexibility index (Phi) is 10.7. The number of nitrogens with zero attached hydrogens (tertiary/aromatic N) is 2. The molecule has 0 saturated carbocycles. The van der Waals surface area contributed by atoms with Gasteiger partial charge in [-0.15, -0.1) is 0 Å². The Morgan fingerprint density at radius 3 is 2.65 bits per heavy atom. The van der Waals surface area contributed by atoms with E-state index in [2.05, 4.69) is 43.1 Å². The Hall–Kier alpha value is -1.70. The number of hydrogen-bond acceptors (Lipinski definition) is 5. The third-order valence-electron chi connectivity index (χ3n) is 5.55. The molecule has 7 heteroatoms.